The molecular formula is C17H25N3O4. The zero-order valence-corrected chi connectivity index (χ0v) is 14.8. The van der Waals surface area contributed by atoms with E-state index in [2.05, 4.69) is 15.6 Å². The summed E-state index contributed by atoms with van der Waals surface area (Å²) < 4.78 is 5.18. The summed E-state index contributed by atoms with van der Waals surface area (Å²) in [6.07, 6.45) is 1.41. The molecule has 1 aromatic rings. The number of aromatic nitrogens is 1. The zero-order valence-electron chi connectivity index (χ0n) is 14.8. The molecular weight excluding hydrogens is 310 g/mol. The zero-order chi connectivity index (χ0) is 18.3. The number of nitrogens with zero attached hydrogens (tertiary/aromatic N) is 1. The molecule has 1 aromatic heterocycles. The van der Waals surface area contributed by atoms with Gasteiger partial charge in [0.1, 0.15) is 17.3 Å². The van der Waals surface area contributed by atoms with Gasteiger partial charge < -0.3 is 10.1 Å². The molecule has 3 amide bonds. The summed E-state index contributed by atoms with van der Waals surface area (Å²) in [5.74, 6) is -1.38. The fourth-order valence-corrected chi connectivity index (χ4v) is 1.89. The normalized spacial score (nSPS) is 13.5. The maximum absolute atomic E-state index is 12.4. The van der Waals surface area contributed by atoms with Crippen molar-refractivity contribution in [1.82, 2.24) is 15.6 Å². The van der Waals surface area contributed by atoms with Crippen LogP contribution in [0.15, 0.2) is 24.4 Å². The summed E-state index contributed by atoms with van der Waals surface area (Å²) in [7, 11) is 0. The summed E-state index contributed by atoms with van der Waals surface area (Å²) in [4.78, 5) is 40.3. The number of alkyl carbamates (subject to hydrolysis) is 1. The number of amides is 3. The van der Waals surface area contributed by atoms with E-state index < -0.39 is 29.6 Å². The SMILES string of the molecule is CC[C@H](C)[C@H](NC(=O)OC(C)(C)C)C(=O)NC(=O)c1ccccn1. The number of nitrogens with one attached hydrogen (secondary N) is 2. The van der Waals surface area contributed by atoms with Crippen LogP contribution in [-0.2, 0) is 9.53 Å². The van der Waals surface area contributed by atoms with Crippen molar-refractivity contribution < 1.29 is 19.1 Å². The Labute approximate surface area is 142 Å². The third-order valence-corrected chi connectivity index (χ3v) is 3.30. The molecule has 0 fully saturated rings. The Morgan fingerprint density at radius 1 is 1.25 bits per heavy atom. The second-order valence-electron chi connectivity index (χ2n) is 6.54. The fraction of sp³-hybridized carbons (Fsp3) is 0.529. The van der Waals surface area contributed by atoms with Crippen LogP contribution in [0.25, 0.3) is 0 Å². The average Bonchev–Trinajstić information content (AvgIpc) is 2.50. The third-order valence-electron chi connectivity index (χ3n) is 3.30. The van der Waals surface area contributed by atoms with Gasteiger partial charge >= 0.3 is 6.09 Å². The molecule has 0 aliphatic rings. The van der Waals surface area contributed by atoms with Crippen LogP contribution in [0.2, 0.25) is 0 Å². The summed E-state index contributed by atoms with van der Waals surface area (Å²) >= 11 is 0. The Morgan fingerprint density at radius 2 is 1.92 bits per heavy atom. The van der Waals surface area contributed by atoms with Crippen molar-refractivity contribution in [3.05, 3.63) is 30.1 Å². The van der Waals surface area contributed by atoms with Gasteiger partial charge in [0.25, 0.3) is 5.91 Å². The average molecular weight is 335 g/mol. The predicted octanol–water partition coefficient (Wildman–Crippen LogP) is 2.28. The molecule has 0 aliphatic carbocycles. The molecule has 0 saturated heterocycles. The van der Waals surface area contributed by atoms with E-state index in [1.165, 1.54) is 12.3 Å². The summed E-state index contributed by atoms with van der Waals surface area (Å²) in [5.41, 5.74) is -0.546. The van der Waals surface area contributed by atoms with E-state index in [4.69, 9.17) is 4.74 Å². The van der Waals surface area contributed by atoms with E-state index in [0.717, 1.165) is 0 Å². The van der Waals surface area contributed by atoms with Crippen molar-refractivity contribution in [2.75, 3.05) is 0 Å². The first kappa shape index (κ1) is 19.6. The number of hydrogen-bond donors (Lipinski definition) is 2. The minimum absolute atomic E-state index is 0.131. The van der Waals surface area contributed by atoms with Crippen LogP contribution in [-0.4, -0.2) is 34.5 Å². The molecule has 7 nitrogen and oxygen atoms in total. The number of carbonyl (C=O) groups excluding carboxylic acids is 3. The minimum atomic E-state index is -0.877. The number of imide groups is 1. The lowest BCUT2D eigenvalue weighted by Gasteiger charge is -2.26. The van der Waals surface area contributed by atoms with Crippen molar-refractivity contribution >= 4 is 17.9 Å². The molecule has 7 heteroatoms. The van der Waals surface area contributed by atoms with Crippen molar-refractivity contribution in [3.8, 4) is 0 Å². The summed E-state index contributed by atoms with van der Waals surface area (Å²) in [6.45, 7) is 8.90. The highest BCUT2D eigenvalue weighted by molar-refractivity contribution is 6.05. The molecule has 24 heavy (non-hydrogen) atoms. The maximum atomic E-state index is 12.4. The van der Waals surface area contributed by atoms with Gasteiger partial charge in [-0.2, -0.15) is 0 Å². The van der Waals surface area contributed by atoms with Gasteiger partial charge in [0.05, 0.1) is 0 Å². The van der Waals surface area contributed by atoms with Crippen molar-refractivity contribution in [2.24, 2.45) is 5.92 Å². The van der Waals surface area contributed by atoms with Crippen molar-refractivity contribution in [1.29, 1.82) is 0 Å². The van der Waals surface area contributed by atoms with Crippen molar-refractivity contribution in [3.63, 3.8) is 0 Å². The molecule has 0 spiro atoms. The first-order chi connectivity index (χ1) is 11.1. The lowest BCUT2D eigenvalue weighted by atomic mass is 9.98. The van der Waals surface area contributed by atoms with E-state index in [1.54, 1.807) is 32.9 Å². The first-order valence-corrected chi connectivity index (χ1v) is 7.89. The Morgan fingerprint density at radius 3 is 2.42 bits per heavy atom. The van der Waals surface area contributed by atoms with Crippen LogP contribution in [0.3, 0.4) is 0 Å². The Balaban J connectivity index is 2.78. The number of hydrogen-bond acceptors (Lipinski definition) is 5. The van der Waals surface area contributed by atoms with Gasteiger partial charge in [-0.3, -0.25) is 19.9 Å². The maximum Gasteiger partial charge on any atom is 0.408 e. The van der Waals surface area contributed by atoms with E-state index in [1.807, 2.05) is 13.8 Å². The summed E-state index contributed by atoms with van der Waals surface area (Å²) in [5, 5.41) is 4.80. The predicted molar refractivity (Wildman–Crippen MR) is 89.3 cm³/mol. The molecule has 0 aromatic carbocycles. The molecule has 2 atom stereocenters. The molecule has 0 saturated carbocycles. The lowest BCUT2D eigenvalue weighted by molar-refractivity contribution is -0.123. The Bertz CT molecular complexity index is 581. The Kier molecular flexibility index (Phi) is 6.88. The summed E-state index contributed by atoms with van der Waals surface area (Å²) in [6, 6.07) is 3.95. The van der Waals surface area contributed by atoms with Crippen LogP contribution in [0.1, 0.15) is 51.5 Å². The van der Waals surface area contributed by atoms with Crippen LogP contribution >= 0.6 is 0 Å². The van der Waals surface area contributed by atoms with E-state index >= 15 is 0 Å². The molecule has 1 heterocycles. The second kappa shape index (κ2) is 8.42. The monoisotopic (exact) mass is 335 g/mol. The third kappa shape index (κ3) is 6.36. The van der Waals surface area contributed by atoms with Crippen LogP contribution in [0.5, 0.6) is 0 Å². The number of pyridine rings is 1. The Hall–Kier alpha value is -2.44. The molecule has 2 N–H and O–H groups in total. The molecule has 0 aliphatic heterocycles. The number of rotatable bonds is 5. The van der Waals surface area contributed by atoms with E-state index in [-0.39, 0.29) is 11.6 Å². The lowest BCUT2D eigenvalue weighted by Crippen LogP contribution is -2.52. The van der Waals surface area contributed by atoms with Crippen molar-refractivity contribution in [2.45, 2.75) is 52.7 Å². The number of carbonyl (C=O) groups is 3. The smallest absolute Gasteiger partial charge is 0.408 e. The molecule has 0 bridgehead atoms. The van der Waals surface area contributed by atoms with E-state index in [0.29, 0.717) is 6.42 Å². The van der Waals surface area contributed by atoms with Gasteiger partial charge in [-0.05, 0) is 38.8 Å². The quantitative estimate of drug-likeness (QED) is 0.860. The molecule has 132 valence electrons. The molecule has 0 radical (unpaired) electrons. The van der Waals surface area contributed by atoms with Gasteiger partial charge in [-0.15, -0.1) is 0 Å². The highest BCUT2D eigenvalue weighted by atomic mass is 16.6. The van der Waals surface area contributed by atoms with E-state index in [9.17, 15) is 14.4 Å². The standard InChI is InChI=1S/C17H25N3O4/c1-6-11(2)13(19-16(23)24-17(3,4)5)15(22)20-14(21)12-9-7-8-10-18-12/h7-11,13H,6H2,1-5H3,(H,19,23)(H,20,21,22)/t11-,13-/m0/s1. The van der Waals surface area contributed by atoms with Crippen LogP contribution in [0.4, 0.5) is 4.79 Å². The van der Waals surface area contributed by atoms with Gasteiger partial charge in [0.15, 0.2) is 0 Å². The second-order valence-corrected chi connectivity index (χ2v) is 6.54. The van der Waals surface area contributed by atoms with Crippen LogP contribution in [0, 0.1) is 5.92 Å². The van der Waals surface area contributed by atoms with Gasteiger partial charge in [-0.25, -0.2) is 4.79 Å². The highest BCUT2D eigenvalue weighted by Crippen LogP contribution is 2.11. The molecule has 1 rings (SSSR count). The van der Waals surface area contributed by atoms with Gasteiger partial charge in [-0.1, -0.05) is 26.3 Å². The fourth-order valence-electron chi connectivity index (χ4n) is 1.89. The minimum Gasteiger partial charge on any atom is -0.444 e. The van der Waals surface area contributed by atoms with Gasteiger partial charge in [0.2, 0.25) is 5.91 Å². The first-order valence-electron chi connectivity index (χ1n) is 7.89. The highest BCUT2D eigenvalue weighted by Gasteiger charge is 2.29. The number of ether oxygens (including phenoxy) is 1. The topological polar surface area (TPSA) is 97.4 Å². The molecule has 0 unspecified atom stereocenters. The largest absolute Gasteiger partial charge is 0.444 e. The van der Waals surface area contributed by atoms with Gasteiger partial charge in [0, 0.05) is 6.20 Å². The van der Waals surface area contributed by atoms with Crippen LogP contribution < -0.4 is 10.6 Å².